The van der Waals surface area contributed by atoms with Crippen LogP contribution in [0.25, 0.3) is 145 Å². The zero-order chi connectivity index (χ0) is 61.4. The molecule has 0 saturated heterocycles. The maximum Gasteiger partial charge on any atom is 0.238 e. The van der Waals surface area contributed by atoms with Crippen molar-refractivity contribution in [2.45, 2.75) is 10.8 Å². The predicted octanol–water partition coefficient (Wildman–Crippen LogP) is 21.4. The van der Waals surface area contributed by atoms with Crippen molar-refractivity contribution in [3.05, 3.63) is 366 Å². The molecule has 0 unspecified atom stereocenters. The zero-order valence-corrected chi connectivity index (χ0v) is 50.8. The van der Waals surface area contributed by atoms with Crippen LogP contribution >= 0.6 is 0 Å². The number of hydrogen-bond acceptors (Lipinski definition) is 3. The lowest BCUT2D eigenvalue weighted by Gasteiger charge is -2.30. The largest absolute Gasteiger partial charge is 0.309 e. The number of para-hydroxylation sites is 1. The highest BCUT2D eigenvalue weighted by atomic mass is 15.2. The van der Waals surface area contributed by atoms with Gasteiger partial charge in [0.1, 0.15) is 0 Å². The van der Waals surface area contributed by atoms with Gasteiger partial charge in [-0.25, -0.2) is 4.98 Å². The predicted molar refractivity (Wildman–Crippen MR) is 383 cm³/mol. The summed E-state index contributed by atoms with van der Waals surface area (Å²) in [6.45, 7) is 0. The van der Waals surface area contributed by atoms with E-state index in [0.717, 1.165) is 66.4 Å². The Labute approximate surface area is 542 Å². The molecule has 2 spiro atoms. The normalized spacial score (nSPS) is 13.7. The smallest absolute Gasteiger partial charge is 0.238 e. The summed E-state index contributed by atoms with van der Waals surface area (Å²) in [6, 6.07) is 119. The second-order valence-corrected chi connectivity index (χ2v) is 25.6. The lowest BCUT2D eigenvalue weighted by molar-refractivity contribution is 0.794. The summed E-state index contributed by atoms with van der Waals surface area (Å²) in [5.41, 5.74) is 31.4. The molecule has 434 valence electrons. The van der Waals surface area contributed by atoms with E-state index < -0.39 is 10.8 Å². The summed E-state index contributed by atoms with van der Waals surface area (Å²) in [5.74, 6) is 1.75. The van der Waals surface area contributed by atoms with Gasteiger partial charge in [0.05, 0.1) is 32.9 Å². The molecule has 3 heterocycles. The van der Waals surface area contributed by atoms with Gasteiger partial charge in [0.2, 0.25) is 5.95 Å². The molecular formula is C89H53N5. The molecular weight excluding hydrogens is 1140 g/mol. The molecule has 0 saturated carbocycles. The van der Waals surface area contributed by atoms with Crippen LogP contribution in [0, 0.1) is 0 Å². The van der Waals surface area contributed by atoms with Gasteiger partial charge in [0.25, 0.3) is 0 Å². The first kappa shape index (κ1) is 51.4. The Morgan fingerprint density at radius 1 is 0.223 bits per heavy atom. The van der Waals surface area contributed by atoms with Crippen molar-refractivity contribution < 1.29 is 0 Å². The number of fused-ring (bicyclic) bond motifs is 28. The molecule has 0 fully saturated rings. The highest BCUT2D eigenvalue weighted by molar-refractivity contribution is 6.20. The van der Waals surface area contributed by atoms with E-state index in [9.17, 15) is 0 Å². The molecule has 0 amide bonds. The average molecular weight is 1190 g/mol. The van der Waals surface area contributed by atoms with Gasteiger partial charge in [-0.2, -0.15) is 9.97 Å². The first-order valence-corrected chi connectivity index (χ1v) is 32.5. The Bertz CT molecular complexity index is 6020. The van der Waals surface area contributed by atoms with Crippen LogP contribution in [0.4, 0.5) is 0 Å². The van der Waals surface area contributed by atoms with E-state index in [1.54, 1.807) is 0 Å². The minimum atomic E-state index is -0.569. The van der Waals surface area contributed by atoms with E-state index in [2.05, 4.69) is 325 Å². The number of aromatic nitrogens is 5. The molecule has 0 N–H and O–H groups in total. The highest BCUT2D eigenvalue weighted by Crippen LogP contribution is 2.66. The van der Waals surface area contributed by atoms with E-state index in [1.807, 2.05) is 6.07 Å². The molecule has 94 heavy (non-hydrogen) atoms. The van der Waals surface area contributed by atoms with Crippen LogP contribution in [0.5, 0.6) is 0 Å². The van der Waals surface area contributed by atoms with Crippen molar-refractivity contribution >= 4 is 43.6 Å². The molecule has 0 radical (unpaired) electrons. The fourth-order valence-electron chi connectivity index (χ4n) is 17.6. The average Bonchev–Trinajstić information content (AvgIpc) is 1.51. The van der Waals surface area contributed by atoms with Gasteiger partial charge in [-0.05, 0) is 143 Å². The fourth-order valence-corrected chi connectivity index (χ4v) is 17.6. The second kappa shape index (κ2) is 19.1. The summed E-state index contributed by atoms with van der Waals surface area (Å²) >= 11 is 0. The van der Waals surface area contributed by atoms with E-state index in [1.165, 1.54) is 105 Å². The molecule has 21 rings (SSSR count). The van der Waals surface area contributed by atoms with Gasteiger partial charge in [0.15, 0.2) is 11.6 Å². The Kier molecular flexibility index (Phi) is 10.5. The van der Waals surface area contributed by atoms with Gasteiger partial charge in [-0.1, -0.05) is 279 Å². The Morgan fingerprint density at radius 3 is 1.07 bits per heavy atom. The fraction of sp³-hybridized carbons (Fsp3) is 0.0225. The second-order valence-electron chi connectivity index (χ2n) is 25.6. The maximum atomic E-state index is 5.64. The third-order valence-electron chi connectivity index (χ3n) is 21.2. The Hall–Kier alpha value is -12.3. The van der Waals surface area contributed by atoms with Crippen LogP contribution in [0.2, 0.25) is 0 Å². The van der Waals surface area contributed by atoms with Gasteiger partial charge in [0, 0.05) is 49.5 Å². The van der Waals surface area contributed by atoms with Gasteiger partial charge in [-0.3, -0.25) is 4.57 Å². The lowest BCUT2D eigenvalue weighted by atomic mass is 9.70. The summed E-state index contributed by atoms with van der Waals surface area (Å²) in [5, 5.41) is 4.65. The first-order chi connectivity index (χ1) is 46.6. The molecule has 4 aliphatic carbocycles. The third kappa shape index (κ3) is 6.68. The minimum absolute atomic E-state index is 0.473. The van der Waals surface area contributed by atoms with Crippen molar-refractivity contribution in [3.63, 3.8) is 0 Å². The molecule has 3 aromatic heterocycles. The molecule has 5 nitrogen and oxygen atoms in total. The number of nitrogens with zero attached hydrogens (tertiary/aromatic N) is 5. The van der Waals surface area contributed by atoms with Crippen LogP contribution < -0.4 is 0 Å². The SMILES string of the molecule is c1ccc(-c2cccc(-c3nc(-c4ccccc4)nc(-n4c5ccc(-c6ccc7c(c6)c6ccc8c(c6n7-c6ccccc6)-c6ccccc6C86c7ccccc7-c7ccccc76)cc5c5ccc6c(c54)-c4ccccc4C64c5ccccc5-c5ccccc54)n3)c2)cc1. The Balaban J connectivity index is 0.829. The van der Waals surface area contributed by atoms with Gasteiger partial charge >= 0.3 is 0 Å². The van der Waals surface area contributed by atoms with E-state index in [-0.39, 0.29) is 0 Å². The minimum Gasteiger partial charge on any atom is -0.309 e. The topological polar surface area (TPSA) is 48.5 Å². The van der Waals surface area contributed by atoms with Crippen molar-refractivity contribution in [2.24, 2.45) is 0 Å². The van der Waals surface area contributed by atoms with Gasteiger partial charge in [-0.15, -0.1) is 0 Å². The maximum absolute atomic E-state index is 5.64. The highest BCUT2D eigenvalue weighted by Gasteiger charge is 2.54. The van der Waals surface area contributed by atoms with Crippen LogP contribution in [0.1, 0.15) is 44.5 Å². The number of hydrogen-bond donors (Lipinski definition) is 0. The molecule has 4 aliphatic rings. The van der Waals surface area contributed by atoms with Crippen LogP contribution in [-0.2, 0) is 10.8 Å². The summed E-state index contributed by atoms with van der Waals surface area (Å²) < 4.78 is 4.89. The molecule has 14 aromatic carbocycles. The van der Waals surface area contributed by atoms with Crippen LogP contribution in [0.15, 0.2) is 322 Å². The summed E-state index contributed by atoms with van der Waals surface area (Å²) in [6.07, 6.45) is 0. The van der Waals surface area contributed by atoms with Gasteiger partial charge < -0.3 is 4.57 Å². The van der Waals surface area contributed by atoms with Crippen LogP contribution in [-0.4, -0.2) is 24.1 Å². The number of benzene rings is 14. The molecule has 0 aliphatic heterocycles. The van der Waals surface area contributed by atoms with E-state index in [4.69, 9.17) is 15.0 Å². The van der Waals surface area contributed by atoms with E-state index >= 15 is 0 Å². The standard InChI is InChI=1S/C89H53N5/c1-4-23-54(24-5-1)56-27-22-28-59(51-56)86-90-85(55-25-6-2-7-26-55)91-87(92-86)94-80-50-44-58(53-70(80)66-46-48-78-82(84(66)94)68-36-15-21-42-76(68)89(78)73-39-18-12-33-63(73)64-34-13-19-40-74(64)89)57-43-49-79-69(52-57)65-45-47-77-81(83(65)93(79)60-29-8-3-9-30-60)67-35-14-20-41-75(67)88(77)71-37-16-10-31-61(71)62-32-11-17-38-72(62)88/h1-53H. The van der Waals surface area contributed by atoms with Crippen molar-refractivity contribution in [1.29, 1.82) is 0 Å². The first-order valence-electron chi connectivity index (χ1n) is 32.5. The molecule has 0 atom stereocenters. The van der Waals surface area contributed by atoms with Crippen molar-refractivity contribution in [2.75, 3.05) is 0 Å². The molecule has 17 aromatic rings. The lowest BCUT2D eigenvalue weighted by Crippen LogP contribution is -2.25. The monoisotopic (exact) mass is 1190 g/mol. The Morgan fingerprint density at radius 2 is 0.585 bits per heavy atom. The quantitative estimate of drug-likeness (QED) is 0.167. The third-order valence-corrected chi connectivity index (χ3v) is 21.2. The summed E-state index contributed by atoms with van der Waals surface area (Å²) in [4.78, 5) is 16.6. The zero-order valence-electron chi connectivity index (χ0n) is 50.8. The molecule has 0 bridgehead atoms. The van der Waals surface area contributed by atoms with Crippen LogP contribution in [0.3, 0.4) is 0 Å². The molecule has 5 heteroatoms. The van der Waals surface area contributed by atoms with Crippen molar-refractivity contribution in [3.8, 4) is 101 Å². The van der Waals surface area contributed by atoms with E-state index in [0.29, 0.717) is 17.6 Å². The summed E-state index contributed by atoms with van der Waals surface area (Å²) in [7, 11) is 0. The van der Waals surface area contributed by atoms with Crippen molar-refractivity contribution in [1.82, 2.24) is 24.1 Å². The number of rotatable bonds is 6.